The standard InChI is InChI=1S/C19H27FO/c1-18-9-4-3-5-12(18)6-7-13-14(18)8-10-19(2)15(13)11-16(20)17(19)21/h6,13-16H,3-5,7-11H2,1-2H3/t13-,14-,15-,16+,18+,19+/m1/s1. The van der Waals surface area contributed by atoms with Crippen LogP contribution in [-0.4, -0.2) is 12.0 Å². The van der Waals surface area contributed by atoms with Crippen molar-refractivity contribution < 1.29 is 9.18 Å². The molecule has 0 aromatic carbocycles. The first-order valence-corrected chi connectivity index (χ1v) is 8.85. The molecular weight excluding hydrogens is 263 g/mol. The molecule has 4 aliphatic carbocycles. The summed E-state index contributed by atoms with van der Waals surface area (Å²) in [4.78, 5) is 12.3. The Bertz CT molecular complexity index is 510. The van der Waals surface area contributed by atoms with E-state index in [9.17, 15) is 9.18 Å². The van der Waals surface area contributed by atoms with Crippen LogP contribution in [-0.2, 0) is 4.79 Å². The average Bonchev–Trinajstić information content (AvgIpc) is 2.70. The molecule has 0 saturated heterocycles. The lowest BCUT2D eigenvalue weighted by Crippen LogP contribution is -2.49. The number of alkyl halides is 1. The van der Waals surface area contributed by atoms with Crippen molar-refractivity contribution in [1.29, 1.82) is 0 Å². The molecule has 0 bridgehead atoms. The Morgan fingerprint density at radius 2 is 1.95 bits per heavy atom. The highest BCUT2D eigenvalue weighted by atomic mass is 19.1. The summed E-state index contributed by atoms with van der Waals surface area (Å²) in [6.45, 7) is 4.51. The Morgan fingerprint density at radius 3 is 2.76 bits per heavy atom. The van der Waals surface area contributed by atoms with Crippen molar-refractivity contribution in [3.8, 4) is 0 Å². The summed E-state index contributed by atoms with van der Waals surface area (Å²) in [6, 6.07) is 0. The number of carbonyl (C=O) groups is 1. The van der Waals surface area contributed by atoms with Gasteiger partial charge in [-0.05, 0) is 68.1 Å². The molecule has 0 aliphatic heterocycles. The molecule has 116 valence electrons. The van der Waals surface area contributed by atoms with Crippen LogP contribution in [0.25, 0.3) is 0 Å². The van der Waals surface area contributed by atoms with Gasteiger partial charge in [-0.15, -0.1) is 0 Å². The number of fused-ring (bicyclic) bond motifs is 5. The van der Waals surface area contributed by atoms with Crippen molar-refractivity contribution >= 4 is 5.78 Å². The molecule has 6 atom stereocenters. The van der Waals surface area contributed by atoms with Gasteiger partial charge < -0.3 is 0 Å². The zero-order valence-corrected chi connectivity index (χ0v) is 13.3. The van der Waals surface area contributed by atoms with Gasteiger partial charge >= 0.3 is 0 Å². The van der Waals surface area contributed by atoms with Crippen molar-refractivity contribution in [2.45, 2.75) is 71.4 Å². The molecule has 0 amide bonds. The minimum absolute atomic E-state index is 0.0884. The molecule has 3 fully saturated rings. The zero-order valence-electron chi connectivity index (χ0n) is 13.3. The lowest BCUT2D eigenvalue weighted by atomic mass is 9.48. The second-order valence-electron chi connectivity index (χ2n) is 8.49. The summed E-state index contributed by atoms with van der Waals surface area (Å²) >= 11 is 0. The molecular formula is C19H27FO. The Hall–Kier alpha value is -0.660. The van der Waals surface area contributed by atoms with Gasteiger partial charge in [0.25, 0.3) is 0 Å². The van der Waals surface area contributed by atoms with E-state index in [0.29, 0.717) is 23.7 Å². The molecule has 0 N–H and O–H groups in total. The van der Waals surface area contributed by atoms with E-state index in [0.717, 1.165) is 19.3 Å². The third-order valence-corrected chi connectivity index (χ3v) is 7.72. The highest BCUT2D eigenvalue weighted by Crippen LogP contribution is 2.64. The third kappa shape index (κ3) is 1.71. The number of allylic oxidation sites excluding steroid dienone is 2. The first-order valence-electron chi connectivity index (χ1n) is 8.85. The lowest BCUT2D eigenvalue weighted by molar-refractivity contribution is -0.134. The topological polar surface area (TPSA) is 17.1 Å². The van der Waals surface area contributed by atoms with Crippen molar-refractivity contribution in [2.75, 3.05) is 0 Å². The molecule has 4 aliphatic rings. The fraction of sp³-hybridized carbons (Fsp3) is 0.842. The normalized spacial score (nSPS) is 52.7. The van der Waals surface area contributed by atoms with E-state index < -0.39 is 6.17 Å². The molecule has 1 nitrogen and oxygen atoms in total. The molecule has 0 aromatic heterocycles. The van der Waals surface area contributed by atoms with Gasteiger partial charge in [0.15, 0.2) is 12.0 Å². The largest absolute Gasteiger partial charge is 0.296 e. The monoisotopic (exact) mass is 290 g/mol. The van der Waals surface area contributed by atoms with E-state index in [-0.39, 0.29) is 17.1 Å². The van der Waals surface area contributed by atoms with Crippen LogP contribution < -0.4 is 0 Å². The maximum Gasteiger partial charge on any atom is 0.173 e. The second-order valence-corrected chi connectivity index (χ2v) is 8.49. The maximum absolute atomic E-state index is 14.1. The summed E-state index contributed by atoms with van der Waals surface area (Å²) < 4.78 is 14.1. The summed E-state index contributed by atoms with van der Waals surface area (Å²) in [5.74, 6) is 1.43. The van der Waals surface area contributed by atoms with Gasteiger partial charge in [0, 0.05) is 5.41 Å². The SMILES string of the molecule is C[C@]12CCCCC1=CC[C@@H]1[C@H]2CC[C@]2(C)C(=O)[C@@H](F)C[C@H]12. The van der Waals surface area contributed by atoms with E-state index in [1.54, 1.807) is 5.57 Å². The third-order valence-electron chi connectivity index (χ3n) is 7.72. The van der Waals surface area contributed by atoms with E-state index >= 15 is 0 Å². The van der Waals surface area contributed by atoms with E-state index in [1.807, 2.05) is 0 Å². The predicted octanol–water partition coefficient (Wildman–Crippen LogP) is 4.86. The number of hydrogen-bond donors (Lipinski definition) is 0. The van der Waals surface area contributed by atoms with Crippen LogP contribution in [0, 0.1) is 28.6 Å². The van der Waals surface area contributed by atoms with E-state index in [1.165, 1.54) is 25.7 Å². The molecule has 0 aromatic rings. The van der Waals surface area contributed by atoms with E-state index in [4.69, 9.17) is 0 Å². The number of rotatable bonds is 0. The van der Waals surface area contributed by atoms with Crippen LogP contribution >= 0.6 is 0 Å². The molecule has 2 heteroatoms. The predicted molar refractivity (Wildman–Crippen MR) is 81.6 cm³/mol. The summed E-state index contributed by atoms with van der Waals surface area (Å²) in [7, 11) is 0. The number of Topliss-reactive ketones (excluding diaryl/α,β-unsaturated/α-hetero) is 1. The average molecular weight is 290 g/mol. The van der Waals surface area contributed by atoms with Gasteiger partial charge in [0.05, 0.1) is 0 Å². The molecule has 0 unspecified atom stereocenters. The molecule has 0 heterocycles. The van der Waals surface area contributed by atoms with Gasteiger partial charge in [-0.1, -0.05) is 31.9 Å². The van der Waals surface area contributed by atoms with E-state index in [2.05, 4.69) is 19.9 Å². The Balaban J connectivity index is 1.71. The fourth-order valence-electron chi connectivity index (χ4n) is 6.45. The van der Waals surface area contributed by atoms with Crippen molar-refractivity contribution in [2.24, 2.45) is 28.6 Å². The molecule has 0 spiro atoms. The first-order chi connectivity index (χ1) is 9.97. The second kappa shape index (κ2) is 4.43. The molecule has 3 saturated carbocycles. The van der Waals surface area contributed by atoms with Gasteiger partial charge in [-0.3, -0.25) is 4.79 Å². The van der Waals surface area contributed by atoms with Gasteiger partial charge in [-0.2, -0.15) is 0 Å². The fourth-order valence-corrected chi connectivity index (χ4v) is 6.45. The number of carbonyl (C=O) groups excluding carboxylic acids is 1. The van der Waals surface area contributed by atoms with Gasteiger partial charge in [0.1, 0.15) is 0 Å². The maximum atomic E-state index is 14.1. The van der Waals surface area contributed by atoms with Crippen molar-refractivity contribution in [3.63, 3.8) is 0 Å². The first kappa shape index (κ1) is 14.0. The van der Waals surface area contributed by atoms with Gasteiger partial charge in [-0.25, -0.2) is 4.39 Å². The van der Waals surface area contributed by atoms with Crippen LogP contribution in [0.15, 0.2) is 11.6 Å². The smallest absolute Gasteiger partial charge is 0.173 e. The molecule has 4 rings (SSSR count). The van der Waals surface area contributed by atoms with Crippen LogP contribution in [0.5, 0.6) is 0 Å². The molecule has 0 radical (unpaired) electrons. The highest BCUT2D eigenvalue weighted by Gasteiger charge is 2.61. The summed E-state index contributed by atoms with van der Waals surface area (Å²) in [6.07, 6.45) is 10.2. The van der Waals surface area contributed by atoms with Crippen molar-refractivity contribution in [3.05, 3.63) is 11.6 Å². The zero-order chi connectivity index (χ0) is 14.8. The Kier molecular flexibility index (Phi) is 2.94. The van der Waals surface area contributed by atoms with Crippen LogP contribution in [0.1, 0.15) is 65.2 Å². The van der Waals surface area contributed by atoms with Gasteiger partial charge in [0.2, 0.25) is 0 Å². The van der Waals surface area contributed by atoms with Crippen molar-refractivity contribution in [1.82, 2.24) is 0 Å². The van der Waals surface area contributed by atoms with Crippen LogP contribution in [0.2, 0.25) is 0 Å². The summed E-state index contributed by atoms with van der Waals surface area (Å²) in [5, 5.41) is 0. The quantitative estimate of drug-likeness (QED) is 0.582. The minimum atomic E-state index is -1.19. The Morgan fingerprint density at radius 1 is 1.14 bits per heavy atom. The van der Waals surface area contributed by atoms with Crippen LogP contribution in [0.3, 0.4) is 0 Å². The number of halogens is 1. The van der Waals surface area contributed by atoms with Crippen LogP contribution in [0.4, 0.5) is 4.39 Å². The number of hydrogen-bond acceptors (Lipinski definition) is 1. The number of ketones is 1. The molecule has 21 heavy (non-hydrogen) atoms. The summed E-state index contributed by atoms with van der Waals surface area (Å²) in [5.41, 5.74) is 1.66. The minimum Gasteiger partial charge on any atom is -0.296 e. The lowest BCUT2D eigenvalue weighted by Gasteiger charge is -2.56. The highest BCUT2D eigenvalue weighted by molar-refractivity contribution is 5.91. The Labute approximate surface area is 127 Å².